The van der Waals surface area contributed by atoms with Gasteiger partial charge in [0.1, 0.15) is 11.9 Å². The number of ether oxygens (including phenoxy) is 1. The van der Waals surface area contributed by atoms with Crippen LogP contribution in [0.3, 0.4) is 0 Å². The second kappa shape index (κ2) is 7.90. The molecule has 2 heterocycles. The second-order valence-electron chi connectivity index (χ2n) is 6.73. The Labute approximate surface area is 162 Å². The first kappa shape index (κ1) is 18.3. The average molecular weight is 380 g/mol. The SMILES string of the molecule is CCc1ccc(C2CN(C(=O)c3cn(-c4ccc(F)cc4)nn3)CCO2)cc1. The Morgan fingerprint density at radius 1 is 1.18 bits per heavy atom. The van der Waals surface area contributed by atoms with Crippen LogP contribution in [-0.4, -0.2) is 45.5 Å². The van der Waals surface area contributed by atoms with E-state index >= 15 is 0 Å². The summed E-state index contributed by atoms with van der Waals surface area (Å²) in [6, 6.07) is 14.2. The zero-order valence-corrected chi connectivity index (χ0v) is 15.6. The highest BCUT2D eigenvalue weighted by Gasteiger charge is 2.27. The van der Waals surface area contributed by atoms with E-state index in [0.29, 0.717) is 25.4 Å². The molecule has 0 aliphatic carbocycles. The van der Waals surface area contributed by atoms with E-state index in [1.54, 1.807) is 23.2 Å². The number of hydrogen-bond donors (Lipinski definition) is 0. The van der Waals surface area contributed by atoms with Crippen molar-refractivity contribution in [1.82, 2.24) is 19.9 Å². The summed E-state index contributed by atoms with van der Waals surface area (Å²) in [5.41, 5.74) is 3.23. The van der Waals surface area contributed by atoms with Gasteiger partial charge in [-0.05, 0) is 41.8 Å². The molecule has 0 bridgehead atoms. The highest BCUT2D eigenvalue weighted by molar-refractivity contribution is 5.92. The van der Waals surface area contributed by atoms with Crippen LogP contribution in [0.1, 0.15) is 34.6 Å². The number of rotatable bonds is 4. The molecule has 3 aromatic rings. The molecule has 0 N–H and O–H groups in total. The summed E-state index contributed by atoms with van der Waals surface area (Å²) in [6.07, 6.45) is 2.40. The van der Waals surface area contributed by atoms with Gasteiger partial charge in [0, 0.05) is 6.54 Å². The summed E-state index contributed by atoms with van der Waals surface area (Å²) < 4.78 is 20.4. The van der Waals surface area contributed by atoms with Gasteiger partial charge in [0.25, 0.3) is 5.91 Å². The van der Waals surface area contributed by atoms with Gasteiger partial charge in [-0.25, -0.2) is 9.07 Å². The average Bonchev–Trinajstić information content (AvgIpc) is 3.24. The molecule has 0 radical (unpaired) electrons. The van der Waals surface area contributed by atoms with Crippen LogP contribution >= 0.6 is 0 Å². The van der Waals surface area contributed by atoms with Gasteiger partial charge in [0.15, 0.2) is 5.69 Å². The molecule has 2 aromatic carbocycles. The molecule has 1 amide bonds. The monoisotopic (exact) mass is 380 g/mol. The molecule has 1 saturated heterocycles. The molecule has 1 fully saturated rings. The van der Waals surface area contributed by atoms with E-state index in [4.69, 9.17) is 4.74 Å². The molecule has 7 heteroatoms. The third kappa shape index (κ3) is 3.80. The van der Waals surface area contributed by atoms with Crippen LogP contribution in [0.4, 0.5) is 4.39 Å². The maximum atomic E-state index is 13.1. The smallest absolute Gasteiger partial charge is 0.276 e. The topological polar surface area (TPSA) is 60.2 Å². The molecule has 28 heavy (non-hydrogen) atoms. The highest BCUT2D eigenvalue weighted by atomic mass is 19.1. The maximum absolute atomic E-state index is 13.1. The largest absolute Gasteiger partial charge is 0.370 e. The van der Waals surface area contributed by atoms with Crippen molar-refractivity contribution in [2.45, 2.75) is 19.4 Å². The number of carbonyl (C=O) groups excluding carboxylic acids is 1. The molecule has 6 nitrogen and oxygen atoms in total. The maximum Gasteiger partial charge on any atom is 0.276 e. The Bertz CT molecular complexity index is 953. The molecule has 1 aliphatic heterocycles. The van der Waals surface area contributed by atoms with Gasteiger partial charge >= 0.3 is 0 Å². The van der Waals surface area contributed by atoms with Crippen LogP contribution in [-0.2, 0) is 11.2 Å². The zero-order chi connectivity index (χ0) is 19.5. The van der Waals surface area contributed by atoms with Gasteiger partial charge in [-0.3, -0.25) is 4.79 Å². The second-order valence-corrected chi connectivity index (χ2v) is 6.73. The molecule has 0 saturated carbocycles. The van der Waals surface area contributed by atoms with Crippen LogP contribution < -0.4 is 0 Å². The first-order chi connectivity index (χ1) is 13.6. The van der Waals surface area contributed by atoms with Crippen molar-refractivity contribution in [1.29, 1.82) is 0 Å². The van der Waals surface area contributed by atoms with Crippen molar-refractivity contribution in [3.05, 3.63) is 77.4 Å². The summed E-state index contributed by atoms with van der Waals surface area (Å²) >= 11 is 0. The van der Waals surface area contributed by atoms with Crippen molar-refractivity contribution >= 4 is 5.91 Å². The minimum absolute atomic E-state index is 0.157. The number of aromatic nitrogens is 3. The summed E-state index contributed by atoms with van der Waals surface area (Å²) in [6.45, 7) is 3.56. The fourth-order valence-electron chi connectivity index (χ4n) is 3.25. The van der Waals surface area contributed by atoms with E-state index in [1.165, 1.54) is 22.4 Å². The van der Waals surface area contributed by atoms with E-state index < -0.39 is 0 Å². The quantitative estimate of drug-likeness (QED) is 0.698. The molecular formula is C21H21FN4O2. The number of nitrogens with zero attached hydrogens (tertiary/aromatic N) is 4. The minimum atomic E-state index is -0.327. The first-order valence-corrected chi connectivity index (χ1v) is 9.32. The fraction of sp³-hybridized carbons (Fsp3) is 0.286. The molecule has 1 atom stereocenters. The Hall–Kier alpha value is -3.06. The number of hydrogen-bond acceptors (Lipinski definition) is 4. The van der Waals surface area contributed by atoms with Gasteiger partial charge in [-0.1, -0.05) is 36.4 Å². The third-order valence-corrected chi connectivity index (χ3v) is 4.92. The summed E-state index contributed by atoms with van der Waals surface area (Å²) in [4.78, 5) is 14.6. The molecular weight excluding hydrogens is 359 g/mol. The number of benzene rings is 2. The number of carbonyl (C=O) groups is 1. The van der Waals surface area contributed by atoms with Gasteiger partial charge in [-0.2, -0.15) is 0 Å². The number of morpholine rings is 1. The molecule has 0 spiro atoms. The van der Waals surface area contributed by atoms with E-state index in [0.717, 1.165) is 12.0 Å². The molecule has 1 aromatic heterocycles. The number of amides is 1. The van der Waals surface area contributed by atoms with E-state index in [9.17, 15) is 9.18 Å². The lowest BCUT2D eigenvalue weighted by atomic mass is 10.0. The van der Waals surface area contributed by atoms with Gasteiger partial charge in [0.05, 0.1) is 25.0 Å². The van der Waals surface area contributed by atoms with Gasteiger partial charge in [0.2, 0.25) is 0 Å². The number of aryl methyl sites for hydroxylation is 1. The van der Waals surface area contributed by atoms with Crippen LogP contribution in [0.25, 0.3) is 5.69 Å². The summed E-state index contributed by atoms with van der Waals surface area (Å²) in [5, 5.41) is 7.99. The van der Waals surface area contributed by atoms with Crippen molar-refractivity contribution in [3.8, 4) is 5.69 Å². The van der Waals surface area contributed by atoms with Crippen LogP contribution in [0.5, 0.6) is 0 Å². The first-order valence-electron chi connectivity index (χ1n) is 9.32. The summed E-state index contributed by atoms with van der Waals surface area (Å²) in [7, 11) is 0. The predicted octanol–water partition coefficient (Wildman–Crippen LogP) is 3.18. The van der Waals surface area contributed by atoms with Crippen LogP contribution in [0, 0.1) is 5.82 Å². The number of halogens is 1. The lowest BCUT2D eigenvalue weighted by Gasteiger charge is -2.32. The van der Waals surface area contributed by atoms with E-state index in [2.05, 4.69) is 41.5 Å². The van der Waals surface area contributed by atoms with Crippen LogP contribution in [0.2, 0.25) is 0 Å². The Morgan fingerprint density at radius 3 is 2.64 bits per heavy atom. The minimum Gasteiger partial charge on any atom is -0.370 e. The van der Waals surface area contributed by atoms with Crippen molar-refractivity contribution < 1.29 is 13.9 Å². The highest BCUT2D eigenvalue weighted by Crippen LogP contribution is 2.23. The van der Waals surface area contributed by atoms with E-state index in [1.807, 2.05) is 0 Å². The Balaban J connectivity index is 1.47. The Kier molecular flexibility index (Phi) is 5.16. The van der Waals surface area contributed by atoms with Gasteiger partial charge in [-0.15, -0.1) is 5.10 Å². The molecule has 144 valence electrons. The van der Waals surface area contributed by atoms with Crippen LogP contribution in [0.15, 0.2) is 54.7 Å². The lowest BCUT2D eigenvalue weighted by molar-refractivity contribution is -0.0230. The molecule has 1 aliphatic rings. The Morgan fingerprint density at radius 2 is 1.93 bits per heavy atom. The fourth-order valence-corrected chi connectivity index (χ4v) is 3.25. The lowest BCUT2D eigenvalue weighted by Crippen LogP contribution is -2.42. The third-order valence-electron chi connectivity index (χ3n) is 4.92. The van der Waals surface area contributed by atoms with Crippen molar-refractivity contribution in [3.63, 3.8) is 0 Å². The summed E-state index contributed by atoms with van der Waals surface area (Å²) in [5.74, 6) is -0.515. The van der Waals surface area contributed by atoms with Crippen molar-refractivity contribution in [2.24, 2.45) is 0 Å². The van der Waals surface area contributed by atoms with Crippen molar-refractivity contribution in [2.75, 3.05) is 19.7 Å². The van der Waals surface area contributed by atoms with E-state index in [-0.39, 0.29) is 23.5 Å². The van der Waals surface area contributed by atoms with Gasteiger partial charge < -0.3 is 9.64 Å². The normalized spacial score (nSPS) is 16.9. The standard InChI is InChI=1S/C21H21FN4O2/c1-2-15-3-5-16(6-4-15)20-14-25(11-12-28-20)21(27)19-13-26(24-23-19)18-9-7-17(22)8-10-18/h3-10,13,20H,2,11-12,14H2,1H3. The predicted molar refractivity (Wildman–Crippen MR) is 102 cm³/mol. The molecule has 1 unspecified atom stereocenters. The zero-order valence-electron chi connectivity index (χ0n) is 15.6. The molecule has 4 rings (SSSR count).